The van der Waals surface area contributed by atoms with Gasteiger partial charge in [0, 0.05) is 19.7 Å². The molecule has 0 aliphatic heterocycles. The number of nitriles is 1. The molecule has 92 valence electrons. The van der Waals surface area contributed by atoms with Crippen molar-refractivity contribution in [1.29, 1.82) is 5.26 Å². The maximum atomic E-state index is 8.58. The number of aromatic nitrogens is 2. The lowest BCUT2D eigenvalue weighted by atomic mass is 10.1. The van der Waals surface area contributed by atoms with E-state index in [1.807, 2.05) is 20.2 Å². The van der Waals surface area contributed by atoms with Crippen LogP contribution in [0.4, 0.5) is 11.6 Å². The first kappa shape index (κ1) is 13.2. The van der Waals surface area contributed by atoms with Gasteiger partial charge in [0.2, 0.25) is 0 Å². The molecular weight excluding hydrogens is 214 g/mol. The Morgan fingerprint density at radius 1 is 1.47 bits per heavy atom. The van der Waals surface area contributed by atoms with E-state index in [4.69, 9.17) is 5.26 Å². The summed E-state index contributed by atoms with van der Waals surface area (Å²) in [6, 6.07) is 1.79. The van der Waals surface area contributed by atoms with Crippen LogP contribution in [0.25, 0.3) is 0 Å². The van der Waals surface area contributed by atoms with Crippen molar-refractivity contribution in [1.82, 2.24) is 9.97 Å². The van der Waals surface area contributed by atoms with Gasteiger partial charge in [0.15, 0.2) is 6.19 Å². The Bertz CT molecular complexity index is 408. The molecule has 1 aromatic rings. The van der Waals surface area contributed by atoms with Gasteiger partial charge < -0.3 is 4.90 Å². The average Bonchev–Trinajstić information content (AvgIpc) is 2.25. The number of hydrogen-bond donors (Lipinski definition) is 1. The number of nitrogens with one attached hydrogen (secondary N) is 1. The Morgan fingerprint density at radius 3 is 2.76 bits per heavy atom. The van der Waals surface area contributed by atoms with Gasteiger partial charge in [-0.05, 0) is 19.3 Å². The second-order valence-corrected chi connectivity index (χ2v) is 4.50. The number of hydrogen-bond acceptors (Lipinski definition) is 5. The zero-order chi connectivity index (χ0) is 12.8. The van der Waals surface area contributed by atoms with Crippen LogP contribution in [0, 0.1) is 24.3 Å². The third-order valence-electron chi connectivity index (χ3n) is 2.44. The van der Waals surface area contributed by atoms with Gasteiger partial charge in [0.1, 0.15) is 17.5 Å². The monoisotopic (exact) mass is 233 g/mol. The molecule has 1 heterocycles. The van der Waals surface area contributed by atoms with Crippen LogP contribution in [0.3, 0.4) is 0 Å². The second-order valence-electron chi connectivity index (χ2n) is 4.50. The fourth-order valence-electron chi connectivity index (χ4n) is 1.44. The van der Waals surface area contributed by atoms with Crippen LogP contribution in [0.15, 0.2) is 6.07 Å². The second kappa shape index (κ2) is 6.04. The highest BCUT2D eigenvalue weighted by molar-refractivity contribution is 5.50. The van der Waals surface area contributed by atoms with Gasteiger partial charge in [0.25, 0.3) is 0 Å². The summed E-state index contributed by atoms with van der Waals surface area (Å²) in [5, 5.41) is 11.1. The number of nitrogens with zero attached hydrogens (tertiary/aromatic N) is 4. The average molecular weight is 233 g/mol. The third-order valence-corrected chi connectivity index (χ3v) is 2.44. The first-order valence-corrected chi connectivity index (χ1v) is 5.75. The molecule has 0 unspecified atom stereocenters. The van der Waals surface area contributed by atoms with Crippen molar-refractivity contribution >= 4 is 11.6 Å². The van der Waals surface area contributed by atoms with E-state index < -0.39 is 0 Å². The molecule has 1 N–H and O–H groups in total. The summed E-state index contributed by atoms with van der Waals surface area (Å²) in [5.41, 5.74) is 0. The van der Waals surface area contributed by atoms with Crippen LogP contribution < -0.4 is 10.2 Å². The van der Waals surface area contributed by atoms with Crippen molar-refractivity contribution in [3.63, 3.8) is 0 Å². The minimum Gasteiger partial charge on any atom is -0.359 e. The van der Waals surface area contributed by atoms with E-state index in [-0.39, 0.29) is 0 Å². The number of aryl methyl sites for hydroxylation is 1. The van der Waals surface area contributed by atoms with Crippen molar-refractivity contribution in [2.24, 2.45) is 5.92 Å². The first-order chi connectivity index (χ1) is 8.02. The number of anilines is 2. The summed E-state index contributed by atoms with van der Waals surface area (Å²) in [4.78, 5) is 10.6. The smallest absolute Gasteiger partial charge is 0.182 e. The Balaban J connectivity index is 2.79. The lowest BCUT2D eigenvalue weighted by molar-refractivity contribution is 0.583. The largest absolute Gasteiger partial charge is 0.359 e. The highest BCUT2D eigenvalue weighted by atomic mass is 15.2. The molecule has 0 aliphatic rings. The summed E-state index contributed by atoms with van der Waals surface area (Å²) < 4.78 is 0. The predicted molar refractivity (Wildman–Crippen MR) is 68.7 cm³/mol. The maximum Gasteiger partial charge on any atom is 0.182 e. The van der Waals surface area contributed by atoms with Crippen LogP contribution in [0.2, 0.25) is 0 Å². The van der Waals surface area contributed by atoms with Crippen LogP contribution in [-0.4, -0.2) is 23.6 Å². The molecule has 0 fully saturated rings. The molecule has 1 aromatic heterocycles. The fourth-order valence-corrected chi connectivity index (χ4v) is 1.44. The summed E-state index contributed by atoms with van der Waals surface area (Å²) in [6.45, 7) is 7.16. The van der Waals surface area contributed by atoms with Crippen LogP contribution >= 0.6 is 0 Å². The highest BCUT2D eigenvalue weighted by Gasteiger charge is 2.07. The van der Waals surface area contributed by atoms with Crippen molar-refractivity contribution in [2.45, 2.75) is 27.2 Å². The molecule has 0 spiro atoms. The Labute approximate surface area is 102 Å². The Morgan fingerprint density at radius 2 is 2.18 bits per heavy atom. The molecule has 1 rings (SSSR count). The lowest BCUT2D eigenvalue weighted by Crippen LogP contribution is -2.21. The van der Waals surface area contributed by atoms with E-state index in [0.29, 0.717) is 17.6 Å². The molecule has 0 bridgehead atoms. The predicted octanol–water partition coefficient (Wildman–Crippen LogP) is 2.16. The van der Waals surface area contributed by atoms with Crippen molar-refractivity contribution < 1.29 is 0 Å². The summed E-state index contributed by atoms with van der Waals surface area (Å²) >= 11 is 0. The molecule has 0 aliphatic carbocycles. The van der Waals surface area contributed by atoms with Gasteiger partial charge in [0.05, 0.1) is 0 Å². The van der Waals surface area contributed by atoms with Crippen molar-refractivity contribution in [3.05, 3.63) is 11.9 Å². The van der Waals surface area contributed by atoms with E-state index in [1.165, 1.54) is 0 Å². The molecule has 17 heavy (non-hydrogen) atoms. The molecule has 0 saturated carbocycles. The SMILES string of the molecule is Cc1nc(NC#N)cc(N(C)CCC(C)C)n1. The molecule has 0 radical (unpaired) electrons. The van der Waals surface area contributed by atoms with Gasteiger partial charge in [-0.1, -0.05) is 13.8 Å². The minimum atomic E-state index is 0.548. The van der Waals surface area contributed by atoms with E-state index in [9.17, 15) is 0 Å². The molecule has 5 heteroatoms. The van der Waals surface area contributed by atoms with Gasteiger partial charge in [-0.15, -0.1) is 0 Å². The minimum absolute atomic E-state index is 0.548. The van der Waals surface area contributed by atoms with Gasteiger partial charge in [-0.2, -0.15) is 5.26 Å². The first-order valence-electron chi connectivity index (χ1n) is 5.75. The molecule has 0 saturated heterocycles. The van der Waals surface area contributed by atoms with E-state index in [2.05, 4.69) is 34.0 Å². The highest BCUT2D eigenvalue weighted by Crippen LogP contribution is 2.15. The topological polar surface area (TPSA) is 64.8 Å². The van der Waals surface area contributed by atoms with Crippen molar-refractivity contribution in [2.75, 3.05) is 23.8 Å². The lowest BCUT2D eigenvalue weighted by Gasteiger charge is -2.19. The normalized spacial score (nSPS) is 10.1. The third kappa shape index (κ3) is 4.27. The van der Waals surface area contributed by atoms with E-state index >= 15 is 0 Å². The summed E-state index contributed by atoms with van der Waals surface area (Å²) in [5.74, 6) is 2.72. The van der Waals surface area contributed by atoms with Crippen LogP contribution in [0.1, 0.15) is 26.1 Å². The van der Waals surface area contributed by atoms with Crippen LogP contribution in [0.5, 0.6) is 0 Å². The van der Waals surface area contributed by atoms with Crippen molar-refractivity contribution in [3.8, 4) is 6.19 Å². The summed E-state index contributed by atoms with van der Waals surface area (Å²) in [7, 11) is 2.00. The van der Waals surface area contributed by atoms with E-state index in [0.717, 1.165) is 18.8 Å². The van der Waals surface area contributed by atoms with Crippen LogP contribution in [-0.2, 0) is 0 Å². The summed E-state index contributed by atoms with van der Waals surface area (Å²) in [6.07, 6.45) is 2.98. The quantitative estimate of drug-likeness (QED) is 0.623. The Hall–Kier alpha value is -1.83. The maximum absolute atomic E-state index is 8.58. The molecule has 0 amide bonds. The van der Waals surface area contributed by atoms with Gasteiger partial charge >= 0.3 is 0 Å². The standard InChI is InChI=1S/C12H19N5/c1-9(2)5-6-17(4)12-7-11(14-8-13)15-10(3)16-12/h7,9H,5-6H2,1-4H3,(H,14,15,16). The molecule has 0 atom stereocenters. The zero-order valence-corrected chi connectivity index (χ0v) is 10.9. The molecule has 0 aromatic carbocycles. The Kier molecular flexibility index (Phi) is 4.70. The van der Waals surface area contributed by atoms with Gasteiger partial charge in [-0.25, -0.2) is 9.97 Å². The zero-order valence-electron chi connectivity index (χ0n) is 10.9. The van der Waals surface area contributed by atoms with E-state index in [1.54, 1.807) is 6.07 Å². The molecular formula is C12H19N5. The number of rotatable bonds is 5. The van der Waals surface area contributed by atoms with Gasteiger partial charge in [-0.3, -0.25) is 5.32 Å². The molecule has 5 nitrogen and oxygen atoms in total. The fraction of sp³-hybridized carbons (Fsp3) is 0.583.